The van der Waals surface area contributed by atoms with Gasteiger partial charge in [0, 0.05) is 4.88 Å². The SMILES string of the molecule is NC(=O)c1ccc(C(F)(F)F)nc1OCc1cccs1. The Morgan fingerprint density at radius 2 is 2.10 bits per heavy atom. The first kappa shape index (κ1) is 14.3. The molecule has 0 saturated heterocycles. The highest BCUT2D eigenvalue weighted by Gasteiger charge is 2.33. The van der Waals surface area contributed by atoms with Crippen LogP contribution in [0.2, 0.25) is 0 Å². The summed E-state index contributed by atoms with van der Waals surface area (Å²) in [5.41, 5.74) is 3.76. The van der Waals surface area contributed by atoms with Crippen molar-refractivity contribution in [3.05, 3.63) is 45.8 Å². The number of carbonyl (C=O) groups is 1. The summed E-state index contributed by atoms with van der Waals surface area (Å²) in [4.78, 5) is 15.3. The Morgan fingerprint density at radius 3 is 2.65 bits per heavy atom. The van der Waals surface area contributed by atoms with Crippen molar-refractivity contribution < 1.29 is 22.7 Å². The van der Waals surface area contributed by atoms with Crippen molar-refractivity contribution in [2.45, 2.75) is 12.8 Å². The number of nitrogens with two attached hydrogens (primary N) is 1. The number of nitrogens with zero attached hydrogens (tertiary/aromatic N) is 1. The molecule has 0 aromatic carbocycles. The number of aromatic nitrogens is 1. The van der Waals surface area contributed by atoms with Crippen molar-refractivity contribution in [3.63, 3.8) is 0 Å². The Morgan fingerprint density at radius 1 is 1.35 bits per heavy atom. The van der Waals surface area contributed by atoms with Crippen molar-refractivity contribution in [2.24, 2.45) is 5.73 Å². The van der Waals surface area contributed by atoms with E-state index in [0.29, 0.717) is 6.07 Å². The molecule has 0 aliphatic heterocycles. The van der Waals surface area contributed by atoms with Gasteiger partial charge in [-0.3, -0.25) is 4.79 Å². The van der Waals surface area contributed by atoms with E-state index >= 15 is 0 Å². The molecule has 0 atom stereocenters. The summed E-state index contributed by atoms with van der Waals surface area (Å²) in [6.45, 7) is 0.0201. The van der Waals surface area contributed by atoms with E-state index in [1.807, 2.05) is 0 Å². The lowest BCUT2D eigenvalue weighted by atomic mass is 10.2. The molecule has 8 heteroatoms. The third-order valence-electron chi connectivity index (χ3n) is 2.35. The van der Waals surface area contributed by atoms with Gasteiger partial charge in [0.15, 0.2) is 0 Å². The molecular weight excluding hydrogens is 293 g/mol. The maximum atomic E-state index is 12.6. The highest BCUT2D eigenvalue weighted by atomic mass is 32.1. The van der Waals surface area contributed by atoms with Crippen LogP contribution < -0.4 is 10.5 Å². The van der Waals surface area contributed by atoms with Gasteiger partial charge in [0.2, 0.25) is 5.88 Å². The van der Waals surface area contributed by atoms with E-state index < -0.39 is 23.7 Å². The standard InChI is InChI=1S/C12H9F3N2O2S/c13-12(14,15)9-4-3-8(10(16)18)11(17-9)19-6-7-2-1-5-20-7/h1-5H,6H2,(H2,16,18). The van der Waals surface area contributed by atoms with Gasteiger partial charge in [-0.25, -0.2) is 4.98 Å². The number of halogens is 3. The van der Waals surface area contributed by atoms with Gasteiger partial charge in [0.25, 0.3) is 5.91 Å². The molecule has 0 saturated carbocycles. The van der Waals surface area contributed by atoms with Crippen LogP contribution in [0, 0.1) is 0 Å². The van der Waals surface area contributed by atoms with Gasteiger partial charge in [-0.2, -0.15) is 13.2 Å². The molecule has 0 spiro atoms. The van der Waals surface area contributed by atoms with Crippen LogP contribution in [0.25, 0.3) is 0 Å². The smallest absolute Gasteiger partial charge is 0.433 e. The van der Waals surface area contributed by atoms with Gasteiger partial charge in [-0.15, -0.1) is 11.3 Å². The average molecular weight is 302 g/mol. The fourth-order valence-electron chi connectivity index (χ4n) is 1.43. The number of primary amides is 1. The van der Waals surface area contributed by atoms with Gasteiger partial charge >= 0.3 is 6.18 Å². The lowest BCUT2D eigenvalue weighted by molar-refractivity contribution is -0.141. The molecule has 0 radical (unpaired) electrons. The van der Waals surface area contributed by atoms with Gasteiger partial charge < -0.3 is 10.5 Å². The minimum atomic E-state index is -4.61. The maximum Gasteiger partial charge on any atom is 0.433 e. The monoisotopic (exact) mass is 302 g/mol. The number of amides is 1. The van der Waals surface area contributed by atoms with Crippen molar-refractivity contribution in [1.29, 1.82) is 0 Å². The number of alkyl halides is 3. The largest absolute Gasteiger partial charge is 0.471 e. The molecule has 0 bridgehead atoms. The van der Waals surface area contributed by atoms with Gasteiger partial charge in [0.1, 0.15) is 17.9 Å². The fourth-order valence-corrected chi connectivity index (χ4v) is 2.05. The van der Waals surface area contributed by atoms with Crippen LogP contribution in [0.1, 0.15) is 20.9 Å². The highest BCUT2D eigenvalue weighted by Crippen LogP contribution is 2.30. The second-order valence-corrected chi connectivity index (χ2v) is 4.81. The van der Waals surface area contributed by atoms with E-state index in [-0.39, 0.29) is 12.2 Å². The third-order valence-corrected chi connectivity index (χ3v) is 3.20. The predicted octanol–water partition coefficient (Wildman–Crippen LogP) is 2.84. The quantitative estimate of drug-likeness (QED) is 0.944. The third kappa shape index (κ3) is 3.27. The summed E-state index contributed by atoms with van der Waals surface area (Å²) in [6, 6.07) is 5.18. The lowest BCUT2D eigenvalue weighted by Crippen LogP contribution is -2.16. The minimum Gasteiger partial charge on any atom is -0.471 e. The number of thiophene rings is 1. The number of pyridine rings is 1. The molecule has 106 valence electrons. The van der Waals surface area contributed by atoms with E-state index in [9.17, 15) is 18.0 Å². The molecule has 2 rings (SSSR count). The van der Waals surface area contributed by atoms with Crippen molar-refractivity contribution in [1.82, 2.24) is 4.98 Å². The first-order chi connectivity index (χ1) is 9.38. The number of ether oxygens (including phenoxy) is 1. The number of hydrogen-bond donors (Lipinski definition) is 1. The van der Waals surface area contributed by atoms with Crippen molar-refractivity contribution in [3.8, 4) is 5.88 Å². The predicted molar refractivity (Wildman–Crippen MR) is 66.4 cm³/mol. The van der Waals surface area contributed by atoms with Crippen LogP contribution in [0.5, 0.6) is 5.88 Å². The summed E-state index contributed by atoms with van der Waals surface area (Å²) < 4.78 is 42.9. The number of carbonyl (C=O) groups excluding carboxylic acids is 1. The van der Waals surface area contributed by atoms with Crippen LogP contribution in [-0.4, -0.2) is 10.9 Å². The van der Waals surface area contributed by atoms with E-state index in [4.69, 9.17) is 10.5 Å². The molecule has 0 aliphatic rings. The Bertz CT molecular complexity index is 612. The zero-order valence-electron chi connectivity index (χ0n) is 9.98. The number of hydrogen-bond acceptors (Lipinski definition) is 4. The van der Waals surface area contributed by atoms with Crippen LogP contribution in [0.4, 0.5) is 13.2 Å². The second-order valence-electron chi connectivity index (χ2n) is 3.78. The molecule has 0 aliphatic carbocycles. The van der Waals surface area contributed by atoms with E-state index in [1.54, 1.807) is 17.5 Å². The molecule has 1 amide bonds. The molecule has 0 unspecified atom stereocenters. The van der Waals surface area contributed by atoms with Gasteiger partial charge in [-0.05, 0) is 23.6 Å². The maximum absolute atomic E-state index is 12.6. The highest BCUT2D eigenvalue weighted by molar-refractivity contribution is 7.09. The molecule has 0 fully saturated rings. The summed E-state index contributed by atoms with van der Waals surface area (Å²) in [5.74, 6) is -1.31. The minimum absolute atomic E-state index is 0.0201. The van der Waals surface area contributed by atoms with Gasteiger partial charge in [-0.1, -0.05) is 6.07 Å². The van der Waals surface area contributed by atoms with Crippen LogP contribution in [0.15, 0.2) is 29.6 Å². The zero-order chi connectivity index (χ0) is 14.8. The van der Waals surface area contributed by atoms with Gasteiger partial charge in [0.05, 0.1) is 0 Å². The van der Waals surface area contributed by atoms with Crippen molar-refractivity contribution >= 4 is 17.2 Å². The van der Waals surface area contributed by atoms with E-state index in [0.717, 1.165) is 10.9 Å². The van der Waals surface area contributed by atoms with Crippen LogP contribution in [0.3, 0.4) is 0 Å². The summed E-state index contributed by atoms with van der Waals surface area (Å²) in [5, 5.41) is 1.80. The lowest BCUT2D eigenvalue weighted by Gasteiger charge is -2.11. The summed E-state index contributed by atoms with van der Waals surface area (Å²) in [7, 11) is 0. The molecule has 2 aromatic heterocycles. The van der Waals surface area contributed by atoms with Crippen LogP contribution in [-0.2, 0) is 12.8 Å². The molecular formula is C12H9F3N2O2S. The molecule has 4 nitrogen and oxygen atoms in total. The Balaban J connectivity index is 2.29. The average Bonchev–Trinajstić information content (AvgIpc) is 2.87. The first-order valence-electron chi connectivity index (χ1n) is 5.41. The van der Waals surface area contributed by atoms with Crippen molar-refractivity contribution in [2.75, 3.05) is 0 Å². The molecule has 2 heterocycles. The second kappa shape index (κ2) is 5.49. The normalized spacial score (nSPS) is 11.3. The molecule has 2 N–H and O–H groups in total. The zero-order valence-corrected chi connectivity index (χ0v) is 10.8. The molecule has 2 aromatic rings. The van der Waals surface area contributed by atoms with Crippen LogP contribution >= 0.6 is 11.3 Å². The topological polar surface area (TPSA) is 65.2 Å². The van der Waals surface area contributed by atoms with E-state index in [1.165, 1.54) is 11.3 Å². The fraction of sp³-hybridized carbons (Fsp3) is 0.167. The Hall–Kier alpha value is -2.09. The summed E-state index contributed by atoms with van der Waals surface area (Å²) >= 11 is 1.37. The summed E-state index contributed by atoms with van der Waals surface area (Å²) in [6.07, 6.45) is -4.61. The van der Waals surface area contributed by atoms with E-state index in [2.05, 4.69) is 4.98 Å². The number of rotatable bonds is 4. The first-order valence-corrected chi connectivity index (χ1v) is 6.29. The molecule has 20 heavy (non-hydrogen) atoms. The Kier molecular flexibility index (Phi) is 3.93. The Labute approximate surface area is 116 Å².